The quantitative estimate of drug-likeness (QED) is 0.601. The lowest BCUT2D eigenvalue weighted by molar-refractivity contribution is -0.120. The molecule has 0 unspecified atom stereocenters. The van der Waals surface area contributed by atoms with Crippen molar-refractivity contribution in [2.75, 3.05) is 5.43 Å². The summed E-state index contributed by atoms with van der Waals surface area (Å²) in [6.07, 6.45) is 0. The summed E-state index contributed by atoms with van der Waals surface area (Å²) in [4.78, 5) is 12.5. The molecule has 0 atom stereocenters. The van der Waals surface area contributed by atoms with Gasteiger partial charge >= 0.3 is 0 Å². The standard InChI is InChI=1S/C13H11BrN2O4S/c14-10-4-6-11(7-5-10)15-16-21(18,19)13-3-1-2-12(8-13)20-9-17/h1-9,15-16H. The molecule has 0 heterocycles. The summed E-state index contributed by atoms with van der Waals surface area (Å²) < 4.78 is 29.7. The van der Waals surface area contributed by atoms with Gasteiger partial charge in [-0.3, -0.25) is 4.79 Å². The Hall–Kier alpha value is -1.90. The Labute approximate surface area is 130 Å². The fourth-order valence-corrected chi connectivity index (χ4v) is 2.65. The Morgan fingerprint density at radius 2 is 1.81 bits per heavy atom. The van der Waals surface area contributed by atoms with Crippen LogP contribution < -0.4 is 15.0 Å². The van der Waals surface area contributed by atoms with Gasteiger partial charge < -0.3 is 10.2 Å². The summed E-state index contributed by atoms with van der Waals surface area (Å²) in [7, 11) is -3.78. The number of carbonyl (C=O) groups is 1. The average Bonchev–Trinajstić information content (AvgIpc) is 2.47. The van der Waals surface area contributed by atoms with Crippen LogP contribution in [0.1, 0.15) is 0 Å². The Balaban J connectivity index is 2.12. The van der Waals surface area contributed by atoms with Crippen LogP contribution in [0.2, 0.25) is 0 Å². The Bertz CT molecular complexity index is 732. The number of ether oxygens (including phenoxy) is 1. The van der Waals surface area contributed by atoms with E-state index in [4.69, 9.17) is 0 Å². The number of carbonyl (C=O) groups excluding carboxylic acids is 1. The van der Waals surface area contributed by atoms with Gasteiger partial charge in [0.2, 0.25) is 0 Å². The van der Waals surface area contributed by atoms with Crippen LogP contribution in [0.4, 0.5) is 5.69 Å². The Morgan fingerprint density at radius 1 is 1.10 bits per heavy atom. The van der Waals surface area contributed by atoms with Crippen LogP contribution in [0.25, 0.3) is 0 Å². The fourth-order valence-electron chi connectivity index (χ4n) is 1.49. The summed E-state index contributed by atoms with van der Waals surface area (Å²) in [5.74, 6) is 0.150. The molecule has 0 aliphatic heterocycles. The van der Waals surface area contributed by atoms with E-state index >= 15 is 0 Å². The molecular weight excluding hydrogens is 360 g/mol. The van der Waals surface area contributed by atoms with E-state index in [9.17, 15) is 13.2 Å². The molecule has 0 saturated carbocycles. The SMILES string of the molecule is O=COc1cccc(S(=O)(=O)NNc2ccc(Br)cc2)c1. The number of sulfonamides is 1. The summed E-state index contributed by atoms with van der Waals surface area (Å²) in [5, 5.41) is 0. The molecule has 0 radical (unpaired) electrons. The molecule has 21 heavy (non-hydrogen) atoms. The lowest BCUT2D eigenvalue weighted by atomic mass is 10.3. The minimum absolute atomic E-state index is 0.0218. The van der Waals surface area contributed by atoms with Crippen LogP contribution in [0.5, 0.6) is 5.75 Å². The zero-order valence-electron chi connectivity index (χ0n) is 10.6. The second kappa shape index (κ2) is 6.70. The number of halogens is 1. The van der Waals surface area contributed by atoms with E-state index in [1.54, 1.807) is 24.3 Å². The van der Waals surface area contributed by atoms with E-state index < -0.39 is 10.0 Å². The highest BCUT2D eigenvalue weighted by Crippen LogP contribution is 2.18. The third-order valence-electron chi connectivity index (χ3n) is 2.47. The van der Waals surface area contributed by atoms with Crippen LogP contribution in [0.15, 0.2) is 57.9 Å². The molecule has 0 aromatic heterocycles. The van der Waals surface area contributed by atoms with Crippen LogP contribution in [0, 0.1) is 0 Å². The molecule has 0 aliphatic rings. The summed E-state index contributed by atoms with van der Waals surface area (Å²) in [5.41, 5.74) is 3.18. The van der Waals surface area contributed by atoms with Crippen LogP contribution >= 0.6 is 15.9 Å². The maximum absolute atomic E-state index is 12.1. The van der Waals surface area contributed by atoms with Crippen molar-refractivity contribution in [1.29, 1.82) is 0 Å². The summed E-state index contributed by atoms with van der Waals surface area (Å²) in [6.45, 7) is 0.235. The first-order valence-electron chi connectivity index (χ1n) is 5.75. The predicted octanol–water partition coefficient (Wildman–Crippen LogP) is 2.29. The molecular formula is C13H11BrN2O4S. The van der Waals surface area contributed by atoms with Crippen molar-refractivity contribution in [1.82, 2.24) is 4.83 Å². The maximum atomic E-state index is 12.1. The molecule has 0 bridgehead atoms. The number of anilines is 1. The van der Waals surface area contributed by atoms with Crippen molar-refractivity contribution >= 4 is 38.1 Å². The minimum Gasteiger partial charge on any atom is -0.429 e. The number of nitrogens with one attached hydrogen (secondary N) is 2. The Morgan fingerprint density at radius 3 is 2.48 bits per heavy atom. The lowest BCUT2D eigenvalue weighted by Crippen LogP contribution is -2.29. The van der Waals surface area contributed by atoms with E-state index in [1.165, 1.54) is 24.3 Å². The highest BCUT2D eigenvalue weighted by molar-refractivity contribution is 9.10. The van der Waals surface area contributed by atoms with Gasteiger partial charge in [0.25, 0.3) is 16.5 Å². The second-order valence-electron chi connectivity index (χ2n) is 3.93. The molecule has 2 rings (SSSR count). The van der Waals surface area contributed by atoms with E-state index in [1.807, 2.05) is 0 Å². The maximum Gasteiger partial charge on any atom is 0.298 e. The largest absolute Gasteiger partial charge is 0.429 e. The van der Waals surface area contributed by atoms with Gasteiger partial charge in [-0.1, -0.05) is 22.0 Å². The van der Waals surface area contributed by atoms with E-state index in [0.717, 1.165) is 4.47 Å². The number of rotatable bonds is 6. The topological polar surface area (TPSA) is 84.5 Å². The van der Waals surface area contributed by atoms with Crippen molar-refractivity contribution in [3.05, 3.63) is 53.0 Å². The molecule has 2 N–H and O–H groups in total. The second-order valence-corrected chi connectivity index (χ2v) is 6.52. The van der Waals surface area contributed by atoms with Crippen LogP contribution in [-0.4, -0.2) is 14.9 Å². The highest BCUT2D eigenvalue weighted by atomic mass is 79.9. The van der Waals surface area contributed by atoms with Crippen molar-refractivity contribution in [3.8, 4) is 5.75 Å². The molecule has 2 aromatic rings. The van der Waals surface area contributed by atoms with Crippen LogP contribution in [-0.2, 0) is 14.8 Å². The third kappa shape index (κ3) is 4.28. The monoisotopic (exact) mass is 370 g/mol. The Kier molecular flexibility index (Phi) is 4.94. The van der Waals surface area contributed by atoms with Gasteiger partial charge in [-0.05, 0) is 36.4 Å². The number of benzene rings is 2. The molecule has 6 nitrogen and oxygen atoms in total. The molecule has 0 saturated heterocycles. The number of hydrogen-bond acceptors (Lipinski definition) is 5. The van der Waals surface area contributed by atoms with Crippen molar-refractivity contribution in [3.63, 3.8) is 0 Å². The minimum atomic E-state index is -3.78. The van der Waals surface area contributed by atoms with Gasteiger partial charge in [0.05, 0.1) is 4.90 Å². The van der Waals surface area contributed by atoms with Crippen molar-refractivity contribution in [2.45, 2.75) is 4.90 Å². The van der Waals surface area contributed by atoms with Gasteiger partial charge in [-0.25, -0.2) is 8.42 Å². The van der Waals surface area contributed by atoms with Gasteiger partial charge in [0.15, 0.2) is 0 Å². The average molecular weight is 371 g/mol. The van der Waals surface area contributed by atoms with Gasteiger partial charge in [-0.2, -0.15) is 0 Å². The molecule has 110 valence electrons. The van der Waals surface area contributed by atoms with Crippen LogP contribution in [0.3, 0.4) is 0 Å². The highest BCUT2D eigenvalue weighted by Gasteiger charge is 2.14. The van der Waals surface area contributed by atoms with Crippen molar-refractivity contribution in [2.24, 2.45) is 0 Å². The van der Waals surface area contributed by atoms with Crippen molar-refractivity contribution < 1.29 is 17.9 Å². The molecule has 0 amide bonds. The zero-order valence-corrected chi connectivity index (χ0v) is 13.0. The third-order valence-corrected chi connectivity index (χ3v) is 4.25. The first-order valence-corrected chi connectivity index (χ1v) is 8.02. The van der Waals surface area contributed by atoms with Gasteiger partial charge in [0, 0.05) is 16.2 Å². The predicted molar refractivity (Wildman–Crippen MR) is 81.2 cm³/mol. The zero-order chi connectivity index (χ0) is 15.3. The smallest absolute Gasteiger partial charge is 0.298 e. The molecule has 0 fully saturated rings. The molecule has 0 aliphatic carbocycles. The normalized spacial score (nSPS) is 10.9. The van der Waals surface area contributed by atoms with Gasteiger partial charge in [-0.15, -0.1) is 4.83 Å². The van der Waals surface area contributed by atoms with E-state index in [-0.39, 0.29) is 17.1 Å². The van der Waals surface area contributed by atoms with E-state index in [0.29, 0.717) is 5.69 Å². The number of hydrogen-bond donors (Lipinski definition) is 2. The molecule has 8 heteroatoms. The summed E-state index contributed by atoms with van der Waals surface area (Å²) >= 11 is 3.29. The number of hydrazine groups is 1. The summed E-state index contributed by atoms with van der Waals surface area (Å²) in [6, 6.07) is 12.6. The molecule has 0 spiro atoms. The first kappa shape index (κ1) is 15.5. The lowest BCUT2D eigenvalue weighted by Gasteiger charge is -2.10. The first-order chi connectivity index (χ1) is 10.0. The fraction of sp³-hybridized carbons (Fsp3) is 0. The van der Waals surface area contributed by atoms with Gasteiger partial charge in [0.1, 0.15) is 5.75 Å². The molecule has 2 aromatic carbocycles. The van der Waals surface area contributed by atoms with E-state index in [2.05, 4.69) is 30.9 Å².